The molecule has 4 nitrogen and oxygen atoms in total. The average Bonchev–Trinajstić information content (AvgIpc) is 2.41. The molecule has 0 bridgehead atoms. The number of nitrogens with zero attached hydrogens (tertiary/aromatic N) is 1. The van der Waals surface area contributed by atoms with Crippen LogP contribution in [0.15, 0.2) is 18.2 Å². The van der Waals surface area contributed by atoms with Crippen LogP contribution in [-0.4, -0.2) is 50.0 Å². The summed E-state index contributed by atoms with van der Waals surface area (Å²) in [6.45, 7) is 4.48. The van der Waals surface area contributed by atoms with Crippen molar-refractivity contribution in [1.29, 1.82) is 0 Å². The van der Waals surface area contributed by atoms with Gasteiger partial charge in [0.05, 0.1) is 12.6 Å². The highest BCUT2D eigenvalue weighted by molar-refractivity contribution is 6.00. The number of benzene rings is 1. The third kappa shape index (κ3) is 3.11. The molecule has 1 aromatic carbocycles. The van der Waals surface area contributed by atoms with E-state index in [9.17, 15) is 9.18 Å². The van der Waals surface area contributed by atoms with Gasteiger partial charge in [-0.1, -0.05) is 0 Å². The predicted molar refractivity (Wildman–Crippen MR) is 71.2 cm³/mol. The topological polar surface area (TPSA) is 41.6 Å². The first-order valence-corrected chi connectivity index (χ1v) is 6.51. The number of ketones is 1. The summed E-state index contributed by atoms with van der Waals surface area (Å²) in [5.74, 6) is -0.357. The normalized spacial score (nSPS) is 20.3. The van der Waals surface area contributed by atoms with Gasteiger partial charge in [-0.05, 0) is 32.2 Å². The second kappa shape index (κ2) is 6.12. The molecule has 1 atom stereocenters. The number of carbonyl (C=O) groups excluding carboxylic acids is 1. The Morgan fingerprint density at radius 3 is 3.00 bits per heavy atom. The molecular weight excluding hydrogens is 247 g/mol. The molecule has 1 aliphatic rings. The fourth-order valence-corrected chi connectivity index (χ4v) is 2.22. The Morgan fingerprint density at radius 2 is 2.37 bits per heavy atom. The lowest BCUT2D eigenvalue weighted by Crippen LogP contribution is -2.53. The molecule has 5 heteroatoms. The maximum atomic E-state index is 13.8. The van der Waals surface area contributed by atoms with Crippen molar-refractivity contribution in [3.8, 4) is 5.75 Å². The van der Waals surface area contributed by atoms with E-state index in [1.54, 1.807) is 13.0 Å². The summed E-state index contributed by atoms with van der Waals surface area (Å²) in [7, 11) is 1.91. The first-order valence-electron chi connectivity index (χ1n) is 6.51. The summed E-state index contributed by atoms with van der Waals surface area (Å²) in [6, 6.07) is 4.17. The second-order valence-corrected chi connectivity index (χ2v) is 4.64. The number of piperazine rings is 1. The Morgan fingerprint density at radius 1 is 1.58 bits per heavy atom. The van der Waals surface area contributed by atoms with Gasteiger partial charge in [0, 0.05) is 25.2 Å². The number of nitrogens with one attached hydrogen (secondary N) is 1. The summed E-state index contributed by atoms with van der Waals surface area (Å²) >= 11 is 0. The van der Waals surface area contributed by atoms with Crippen molar-refractivity contribution in [3.63, 3.8) is 0 Å². The van der Waals surface area contributed by atoms with Crippen molar-refractivity contribution in [2.45, 2.75) is 13.0 Å². The largest absolute Gasteiger partial charge is 0.491 e. The Balaban J connectivity index is 2.17. The molecule has 0 amide bonds. The number of likely N-dealkylation sites (N-methyl/N-ethyl adjacent to an activating group) is 1. The van der Waals surface area contributed by atoms with Gasteiger partial charge in [-0.15, -0.1) is 0 Å². The monoisotopic (exact) mass is 266 g/mol. The number of hydrogen-bond acceptors (Lipinski definition) is 4. The molecule has 0 spiro atoms. The van der Waals surface area contributed by atoms with Crippen molar-refractivity contribution in [1.82, 2.24) is 10.2 Å². The molecule has 0 aromatic heterocycles. The number of ether oxygens (including phenoxy) is 1. The van der Waals surface area contributed by atoms with Crippen molar-refractivity contribution in [2.24, 2.45) is 0 Å². The van der Waals surface area contributed by atoms with E-state index in [2.05, 4.69) is 5.32 Å². The Labute approximate surface area is 112 Å². The lowest BCUT2D eigenvalue weighted by atomic mass is 10.0. The molecule has 2 rings (SSSR count). The Bertz CT molecular complexity index is 465. The smallest absolute Gasteiger partial charge is 0.181 e. The van der Waals surface area contributed by atoms with Crippen LogP contribution >= 0.6 is 0 Å². The zero-order chi connectivity index (χ0) is 13.8. The molecule has 104 valence electrons. The summed E-state index contributed by atoms with van der Waals surface area (Å²) in [6.07, 6.45) is 0. The molecule has 1 aliphatic heterocycles. The highest BCUT2D eigenvalue weighted by Gasteiger charge is 2.27. The SMILES string of the molecule is CCOc1ccc(C(=O)C2CNCCN2C)cc1F. The number of carbonyl (C=O) groups is 1. The first kappa shape index (κ1) is 14.0. The van der Waals surface area contributed by atoms with Gasteiger partial charge in [-0.25, -0.2) is 4.39 Å². The first-order chi connectivity index (χ1) is 9.13. The molecule has 0 saturated carbocycles. The average molecular weight is 266 g/mol. The summed E-state index contributed by atoms with van der Waals surface area (Å²) in [5, 5.41) is 3.18. The molecule has 1 fully saturated rings. The number of rotatable bonds is 4. The highest BCUT2D eigenvalue weighted by Crippen LogP contribution is 2.20. The van der Waals surface area contributed by atoms with Gasteiger partial charge in [0.1, 0.15) is 0 Å². The van der Waals surface area contributed by atoms with E-state index >= 15 is 0 Å². The summed E-state index contributed by atoms with van der Waals surface area (Å²) < 4.78 is 18.9. The molecule has 0 aliphatic carbocycles. The molecule has 0 radical (unpaired) electrons. The maximum Gasteiger partial charge on any atom is 0.181 e. The summed E-state index contributed by atoms with van der Waals surface area (Å²) in [4.78, 5) is 14.3. The molecule has 1 heterocycles. The lowest BCUT2D eigenvalue weighted by molar-refractivity contribution is 0.0819. The van der Waals surface area contributed by atoms with Crippen LogP contribution in [0, 0.1) is 5.82 Å². The number of hydrogen-bond donors (Lipinski definition) is 1. The van der Waals surface area contributed by atoms with E-state index in [1.165, 1.54) is 12.1 Å². The maximum absolute atomic E-state index is 13.8. The third-order valence-corrected chi connectivity index (χ3v) is 3.33. The fourth-order valence-electron chi connectivity index (χ4n) is 2.22. The van der Waals surface area contributed by atoms with Crippen LogP contribution in [0.3, 0.4) is 0 Å². The van der Waals surface area contributed by atoms with E-state index < -0.39 is 5.82 Å². The molecule has 1 N–H and O–H groups in total. The van der Waals surface area contributed by atoms with Crippen LogP contribution < -0.4 is 10.1 Å². The standard InChI is InChI=1S/C14H19FN2O2/c1-3-19-13-5-4-10(8-11(13)15)14(18)12-9-16-6-7-17(12)2/h4-5,8,12,16H,3,6-7,9H2,1-2H3. The highest BCUT2D eigenvalue weighted by atomic mass is 19.1. The number of Topliss-reactive ketones (excluding diaryl/α,β-unsaturated/α-hetero) is 1. The van der Waals surface area contributed by atoms with Crippen molar-refractivity contribution >= 4 is 5.78 Å². The number of halogens is 1. The molecule has 1 aromatic rings. The van der Waals surface area contributed by atoms with E-state index in [0.717, 1.165) is 13.1 Å². The molecule has 1 saturated heterocycles. The van der Waals surface area contributed by atoms with Gasteiger partial charge in [-0.3, -0.25) is 9.69 Å². The van der Waals surface area contributed by atoms with E-state index in [-0.39, 0.29) is 17.6 Å². The quantitative estimate of drug-likeness (QED) is 0.834. The van der Waals surface area contributed by atoms with Gasteiger partial charge in [0.2, 0.25) is 0 Å². The van der Waals surface area contributed by atoms with Crippen molar-refractivity contribution in [2.75, 3.05) is 33.3 Å². The second-order valence-electron chi connectivity index (χ2n) is 4.64. The zero-order valence-electron chi connectivity index (χ0n) is 11.3. The minimum Gasteiger partial charge on any atom is -0.491 e. The van der Waals surface area contributed by atoms with Crippen molar-refractivity contribution in [3.05, 3.63) is 29.6 Å². The molecule has 19 heavy (non-hydrogen) atoms. The van der Waals surface area contributed by atoms with Crippen LogP contribution in [-0.2, 0) is 0 Å². The van der Waals surface area contributed by atoms with Crippen LogP contribution in [0.5, 0.6) is 5.75 Å². The van der Waals surface area contributed by atoms with Crippen LogP contribution in [0.2, 0.25) is 0 Å². The van der Waals surface area contributed by atoms with E-state index in [4.69, 9.17) is 4.74 Å². The zero-order valence-corrected chi connectivity index (χ0v) is 11.3. The van der Waals surface area contributed by atoms with Gasteiger partial charge in [0.25, 0.3) is 0 Å². The lowest BCUT2D eigenvalue weighted by Gasteiger charge is -2.31. The van der Waals surface area contributed by atoms with E-state index in [0.29, 0.717) is 18.7 Å². The van der Waals surface area contributed by atoms with E-state index in [1.807, 2.05) is 11.9 Å². The van der Waals surface area contributed by atoms with Crippen LogP contribution in [0.1, 0.15) is 17.3 Å². The van der Waals surface area contributed by atoms with Gasteiger partial charge >= 0.3 is 0 Å². The molecule has 1 unspecified atom stereocenters. The van der Waals surface area contributed by atoms with Gasteiger partial charge in [0.15, 0.2) is 17.3 Å². The Kier molecular flexibility index (Phi) is 4.50. The fraction of sp³-hybridized carbons (Fsp3) is 0.500. The third-order valence-electron chi connectivity index (χ3n) is 3.33. The molecular formula is C14H19FN2O2. The van der Waals surface area contributed by atoms with Crippen molar-refractivity contribution < 1.29 is 13.9 Å². The van der Waals surface area contributed by atoms with Gasteiger partial charge in [-0.2, -0.15) is 0 Å². The van der Waals surface area contributed by atoms with Crippen LogP contribution in [0.25, 0.3) is 0 Å². The Hall–Kier alpha value is -1.46. The minimum atomic E-state index is -0.487. The van der Waals surface area contributed by atoms with Crippen LogP contribution in [0.4, 0.5) is 4.39 Å². The summed E-state index contributed by atoms with van der Waals surface area (Å²) in [5.41, 5.74) is 0.390. The van der Waals surface area contributed by atoms with Gasteiger partial charge < -0.3 is 10.1 Å². The predicted octanol–water partition coefficient (Wildman–Crippen LogP) is 1.31. The minimum absolute atomic E-state index is 0.0587.